The van der Waals surface area contributed by atoms with Crippen molar-refractivity contribution in [2.24, 2.45) is 11.3 Å². The molecule has 0 heterocycles. The van der Waals surface area contributed by atoms with Crippen LogP contribution in [-0.2, 0) is 4.74 Å². The van der Waals surface area contributed by atoms with Crippen molar-refractivity contribution >= 4 is 16.5 Å². The third kappa shape index (κ3) is 4.18. The number of hydrogen-bond donors (Lipinski definition) is 0. The Morgan fingerprint density at radius 3 is 2.24 bits per heavy atom. The zero-order valence-corrected chi connectivity index (χ0v) is 16.0. The molecule has 2 aromatic rings. The van der Waals surface area contributed by atoms with Gasteiger partial charge in [-0.15, -0.1) is 0 Å². The summed E-state index contributed by atoms with van der Waals surface area (Å²) in [6, 6.07) is 12.6. The van der Waals surface area contributed by atoms with Gasteiger partial charge in [0.25, 0.3) is 0 Å². The Hall–Kier alpha value is -1.96. The average molecular weight is 338 g/mol. The van der Waals surface area contributed by atoms with E-state index in [4.69, 9.17) is 9.47 Å². The summed E-state index contributed by atoms with van der Waals surface area (Å²) < 4.78 is 11.5. The third-order valence-corrected chi connectivity index (χ3v) is 5.58. The van der Waals surface area contributed by atoms with Crippen LogP contribution in [0.3, 0.4) is 0 Å². The van der Waals surface area contributed by atoms with Crippen LogP contribution in [0.15, 0.2) is 43.0 Å². The largest absolute Gasteiger partial charge is 0.497 e. The third-order valence-electron chi connectivity index (χ3n) is 5.58. The molecule has 0 bridgehead atoms. The van der Waals surface area contributed by atoms with E-state index >= 15 is 0 Å². The SMILES string of the molecule is C=C(OC)c1ccc2cc(OC3CCC(C(C)(C)C)CC3)ccc2c1. The summed E-state index contributed by atoms with van der Waals surface area (Å²) in [5.74, 6) is 2.49. The monoisotopic (exact) mass is 338 g/mol. The molecule has 0 spiro atoms. The summed E-state index contributed by atoms with van der Waals surface area (Å²) >= 11 is 0. The van der Waals surface area contributed by atoms with E-state index in [-0.39, 0.29) is 0 Å². The first-order chi connectivity index (χ1) is 11.9. The number of fused-ring (bicyclic) bond motifs is 1. The average Bonchev–Trinajstić information content (AvgIpc) is 2.60. The van der Waals surface area contributed by atoms with Gasteiger partial charge < -0.3 is 9.47 Å². The van der Waals surface area contributed by atoms with Gasteiger partial charge in [-0.1, -0.05) is 45.5 Å². The molecule has 1 fully saturated rings. The molecule has 25 heavy (non-hydrogen) atoms. The van der Waals surface area contributed by atoms with Crippen LogP contribution in [0.4, 0.5) is 0 Å². The van der Waals surface area contributed by atoms with Crippen LogP contribution < -0.4 is 4.74 Å². The van der Waals surface area contributed by atoms with Crippen LogP contribution in [0.1, 0.15) is 52.0 Å². The molecule has 0 unspecified atom stereocenters. The highest BCUT2D eigenvalue weighted by Crippen LogP contribution is 2.39. The lowest BCUT2D eigenvalue weighted by Gasteiger charge is -2.37. The maximum absolute atomic E-state index is 6.28. The van der Waals surface area contributed by atoms with Gasteiger partial charge in [0.2, 0.25) is 0 Å². The number of ether oxygens (including phenoxy) is 2. The minimum absolute atomic E-state index is 0.351. The van der Waals surface area contributed by atoms with Crippen molar-refractivity contribution in [1.82, 2.24) is 0 Å². The first kappa shape index (κ1) is 17.8. The fourth-order valence-electron chi connectivity index (χ4n) is 3.83. The molecule has 0 saturated heterocycles. The van der Waals surface area contributed by atoms with Crippen molar-refractivity contribution in [2.45, 2.75) is 52.6 Å². The molecule has 134 valence electrons. The van der Waals surface area contributed by atoms with Crippen molar-refractivity contribution in [1.29, 1.82) is 0 Å². The van der Waals surface area contributed by atoms with E-state index < -0.39 is 0 Å². The van der Waals surface area contributed by atoms with Crippen molar-refractivity contribution in [3.05, 3.63) is 48.5 Å². The van der Waals surface area contributed by atoms with Crippen molar-refractivity contribution in [2.75, 3.05) is 7.11 Å². The summed E-state index contributed by atoms with van der Waals surface area (Å²) in [6.07, 6.45) is 5.21. The molecular weight excluding hydrogens is 308 g/mol. The Kier molecular flexibility index (Phi) is 5.08. The summed E-state index contributed by atoms with van der Waals surface area (Å²) in [6.45, 7) is 11.0. The number of methoxy groups -OCH3 is 1. The molecule has 2 aromatic carbocycles. The molecule has 0 aromatic heterocycles. The Bertz CT molecular complexity index is 746. The van der Waals surface area contributed by atoms with E-state index in [1.54, 1.807) is 7.11 Å². The molecule has 0 amide bonds. The van der Waals surface area contributed by atoms with Crippen molar-refractivity contribution in [3.8, 4) is 5.75 Å². The summed E-state index contributed by atoms with van der Waals surface area (Å²) in [5, 5.41) is 2.37. The standard InChI is InChI=1S/C23H30O2/c1-16(24-5)17-6-7-19-15-22(11-8-18(19)14-17)25-21-12-9-20(10-13-21)23(2,3)4/h6-8,11,14-15,20-21H,1,9-10,12-13H2,2-5H3. The lowest BCUT2D eigenvalue weighted by molar-refractivity contribution is 0.0883. The Morgan fingerprint density at radius 2 is 1.60 bits per heavy atom. The van der Waals surface area contributed by atoms with Crippen LogP contribution in [0, 0.1) is 11.3 Å². The lowest BCUT2D eigenvalue weighted by atomic mass is 9.72. The number of hydrogen-bond acceptors (Lipinski definition) is 2. The normalized spacial score (nSPS) is 21.1. The maximum Gasteiger partial charge on any atom is 0.120 e. The number of rotatable bonds is 4. The van der Waals surface area contributed by atoms with Gasteiger partial charge in [0.15, 0.2) is 0 Å². The second-order valence-corrected chi connectivity index (χ2v) is 8.31. The summed E-state index contributed by atoms with van der Waals surface area (Å²) in [5.41, 5.74) is 1.43. The Balaban J connectivity index is 1.68. The van der Waals surface area contributed by atoms with Crippen LogP contribution in [-0.4, -0.2) is 13.2 Å². The highest BCUT2D eigenvalue weighted by molar-refractivity contribution is 5.86. The Labute approximate surface area is 151 Å². The predicted molar refractivity (Wildman–Crippen MR) is 106 cm³/mol. The van der Waals surface area contributed by atoms with Gasteiger partial charge >= 0.3 is 0 Å². The zero-order valence-electron chi connectivity index (χ0n) is 16.0. The molecule has 0 radical (unpaired) electrons. The van der Waals surface area contributed by atoms with Gasteiger partial charge in [-0.2, -0.15) is 0 Å². The second kappa shape index (κ2) is 7.11. The summed E-state index contributed by atoms with van der Waals surface area (Å²) in [4.78, 5) is 0. The van der Waals surface area contributed by atoms with Crippen LogP contribution >= 0.6 is 0 Å². The van der Waals surface area contributed by atoms with E-state index in [2.05, 4.69) is 57.7 Å². The second-order valence-electron chi connectivity index (χ2n) is 8.31. The van der Waals surface area contributed by atoms with Crippen LogP contribution in [0.5, 0.6) is 5.75 Å². The molecule has 1 saturated carbocycles. The maximum atomic E-state index is 6.28. The van der Waals surface area contributed by atoms with Gasteiger partial charge in [0.05, 0.1) is 13.2 Å². The minimum Gasteiger partial charge on any atom is -0.497 e. The topological polar surface area (TPSA) is 18.5 Å². The van der Waals surface area contributed by atoms with Gasteiger partial charge in [-0.05, 0) is 66.0 Å². The first-order valence-corrected chi connectivity index (χ1v) is 9.30. The molecule has 0 atom stereocenters. The fraction of sp³-hybridized carbons (Fsp3) is 0.478. The van der Waals surface area contributed by atoms with Crippen LogP contribution in [0.2, 0.25) is 0 Å². The summed E-state index contributed by atoms with van der Waals surface area (Å²) in [7, 11) is 1.65. The van der Waals surface area contributed by atoms with Crippen molar-refractivity contribution < 1.29 is 9.47 Å². The van der Waals surface area contributed by atoms with E-state index in [0.717, 1.165) is 30.1 Å². The zero-order chi connectivity index (χ0) is 18.0. The van der Waals surface area contributed by atoms with E-state index in [9.17, 15) is 0 Å². The highest BCUT2D eigenvalue weighted by Gasteiger charge is 2.30. The quantitative estimate of drug-likeness (QED) is 0.597. The molecule has 3 rings (SSSR count). The van der Waals surface area contributed by atoms with Gasteiger partial charge in [0.1, 0.15) is 11.5 Å². The molecule has 2 heteroatoms. The lowest BCUT2D eigenvalue weighted by Crippen LogP contribution is -2.30. The van der Waals surface area contributed by atoms with Gasteiger partial charge in [-0.25, -0.2) is 0 Å². The minimum atomic E-state index is 0.351. The highest BCUT2D eigenvalue weighted by atomic mass is 16.5. The molecule has 2 nitrogen and oxygen atoms in total. The molecule has 1 aliphatic rings. The Morgan fingerprint density at radius 1 is 0.960 bits per heavy atom. The first-order valence-electron chi connectivity index (χ1n) is 9.30. The van der Waals surface area contributed by atoms with E-state index in [1.165, 1.54) is 23.6 Å². The van der Waals surface area contributed by atoms with Crippen LogP contribution in [0.25, 0.3) is 16.5 Å². The molecule has 0 aliphatic heterocycles. The molecule has 1 aliphatic carbocycles. The van der Waals surface area contributed by atoms with Gasteiger partial charge in [0, 0.05) is 5.56 Å². The van der Waals surface area contributed by atoms with E-state index in [0.29, 0.717) is 17.3 Å². The van der Waals surface area contributed by atoms with E-state index in [1.807, 2.05) is 6.07 Å². The van der Waals surface area contributed by atoms with Crippen molar-refractivity contribution in [3.63, 3.8) is 0 Å². The molecular formula is C23H30O2. The predicted octanol–water partition coefficient (Wildman–Crippen LogP) is 6.44. The smallest absolute Gasteiger partial charge is 0.120 e. The van der Waals surface area contributed by atoms with Gasteiger partial charge in [-0.3, -0.25) is 0 Å². The molecule has 0 N–H and O–H groups in total. The fourth-order valence-corrected chi connectivity index (χ4v) is 3.83. The number of benzene rings is 2.